The van der Waals surface area contributed by atoms with Crippen LogP contribution in [0.15, 0.2) is 30.3 Å². The lowest BCUT2D eigenvalue weighted by atomic mass is 10.2. The van der Waals surface area contributed by atoms with E-state index in [1.165, 1.54) is 0 Å². The average Bonchev–Trinajstić information content (AvgIpc) is 2.30. The Hall–Kier alpha value is -1.97. The van der Waals surface area contributed by atoms with Gasteiger partial charge in [0.25, 0.3) is 0 Å². The van der Waals surface area contributed by atoms with Crippen molar-refractivity contribution in [2.75, 3.05) is 12.4 Å². The van der Waals surface area contributed by atoms with E-state index in [4.69, 9.17) is 0 Å². The molecule has 4 heteroatoms. The second-order valence-corrected chi connectivity index (χ2v) is 2.70. The molecule has 0 aliphatic rings. The van der Waals surface area contributed by atoms with Crippen molar-refractivity contribution in [1.29, 1.82) is 0 Å². The van der Waals surface area contributed by atoms with Gasteiger partial charge >= 0.3 is 0 Å². The first-order valence-electron chi connectivity index (χ1n) is 4.25. The standard InChI is InChI=1S/C10H9N4/c1-11-10-13-7-12-9(14-10)8-5-3-2-4-6-8/h2-6H,1H3,(H,11,12,13,14). The van der Waals surface area contributed by atoms with Crippen LogP contribution in [0, 0.1) is 6.33 Å². The maximum atomic E-state index is 4.20. The minimum absolute atomic E-state index is 0.527. The fourth-order valence-electron chi connectivity index (χ4n) is 1.10. The largest absolute Gasteiger partial charge is 0.357 e. The van der Waals surface area contributed by atoms with Crippen molar-refractivity contribution in [2.45, 2.75) is 0 Å². The first-order valence-corrected chi connectivity index (χ1v) is 4.25. The van der Waals surface area contributed by atoms with Crippen molar-refractivity contribution in [3.05, 3.63) is 36.7 Å². The molecule has 1 aromatic heterocycles. The van der Waals surface area contributed by atoms with Gasteiger partial charge in [0.2, 0.25) is 12.3 Å². The second-order valence-electron chi connectivity index (χ2n) is 2.70. The van der Waals surface area contributed by atoms with Crippen LogP contribution in [0.4, 0.5) is 5.95 Å². The van der Waals surface area contributed by atoms with Gasteiger partial charge in [0.15, 0.2) is 5.82 Å². The van der Waals surface area contributed by atoms with E-state index in [2.05, 4.69) is 26.6 Å². The highest BCUT2D eigenvalue weighted by Gasteiger charge is 2.01. The van der Waals surface area contributed by atoms with Crippen LogP contribution in [-0.4, -0.2) is 22.0 Å². The molecule has 1 aromatic carbocycles. The van der Waals surface area contributed by atoms with Gasteiger partial charge in [-0.15, -0.1) is 0 Å². The van der Waals surface area contributed by atoms with Crippen LogP contribution < -0.4 is 5.32 Å². The van der Waals surface area contributed by atoms with Crippen molar-refractivity contribution in [2.24, 2.45) is 0 Å². The van der Waals surface area contributed by atoms with Crippen LogP contribution in [0.25, 0.3) is 11.4 Å². The highest BCUT2D eigenvalue weighted by atomic mass is 15.1. The van der Waals surface area contributed by atoms with Crippen LogP contribution in [0.3, 0.4) is 0 Å². The van der Waals surface area contributed by atoms with E-state index in [9.17, 15) is 0 Å². The van der Waals surface area contributed by atoms with E-state index in [1.807, 2.05) is 30.3 Å². The Morgan fingerprint density at radius 3 is 2.64 bits per heavy atom. The number of rotatable bonds is 2. The molecular formula is C10H9N4. The number of aromatic nitrogens is 3. The Morgan fingerprint density at radius 1 is 1.14 bits per heavy atom. The van der Waals surface area contributed by atoms with Crippen molar-refractivity contribution in [3.8, 4) is 11.4 Å². The third-order valence-electron chi connectivity index (χ3n) is 1.78. The molecule has 14 heavy (non-hydrogen) atoms. The number of benzene rings is 1. The van der Waals surface area contributed by atoms with E-state index >= 15 is 0 Å². The van der Waals surface area contributed by atoms with E-state index in [-0.39, 0.29) is 0 Å². The molecule has 0 spiro atoms. The van der Waals surface area contributed by atoms with Gasteiger partial charge in [0, 0.05) is 12.6 Å². The van der Waals surface area contributed by atoms with Gasteiger partial charge in [0.05, 0.1) is 0 Å². The molecule has 0 saturated heterocycles. The highest BCUT2D eigenvalue weighted by Crippen LogP contribution is 2.13. The van der Waals surface area contributed by atoms with E-state index < -0.39 is 0 Å². The lowest BCUT2D eigenvalue weighted by Gasteiger charge is -2.00. The summed E-state index contributed by atoms with van der Waals surface area (Å²) in [7, 11) is 1.76. The Balaban J connectivity index is 2.42. The summed E-state index contributed by atoms with van der Waals surface area (Å²) in [5.41, 5.74) is 0.961. The maximum Gasteiger partial charge on any atom is 0.226 e. The Kier molecular flexibility index (Phi) is 2.36. The second kappa shape index (κ2) is 3.83. The molecule has 0 aliphatic carbocycles. The van der Waals surface area contributed by atoms with Crippen LogP contribution >= 0.6 is 0 Å². The summed E-state index contributed by atoms with van der Waals surface area (Å²) in [5.74, 6) is 1.16. The predicted molar refractivity (Wildman–Crippen MR) is 53.6 cm³/mol. The minimum Gasteiger partial charge on any atom is -0.357 e. The van der Waals surface area contributed by atoms with Gasteiger partial charge in [-0.1, -0.05) is 30.3 Å². The molecule has 2 aromatic rings. The van der Waals surface area contributed by atoms with Crippen LogP contribution in [0.1, 0.15) is 0 Å². The van der Waals surface area contributed by atoms with Gasteiger partial charge in [-0.3, -0.25) is 0 Å². The van der Waals surface area contributed by atoms with Gasteiger partial charge in [0.1, 0.15) is 0 Å². The number of nitrogens with zero attached hydrogens (tertiary/aromatic N) is 3. The molecule has 69 valence electrons. The van der Waals surface area contributed by atoms with Crippen molar-refractivity contribution >= 4 is 5.95 Å². The number of nitrogens with one attached hydrogen (secondary N) is 1. The Labute approximate surface area is 82.1 Å². The summed E-state index contributed by atoms with van der Waals surface area (Å²) >= 11 is 0. The third kappa shape index (κ3) is 1.69. The third-order valence-corrected chi connectivity index (χ3v) is 1.78. The molecule has 0 atom stereocenters. The molecule has 0 aliphatic heterocycles. The zero-order valence-electron chi connectivity index (χ0n) is 7.73. The van der Waals surface area contributed by atoms with E-state index in [1.54, 1.807) is 7.05 Å². The van der Waals surface area contributed by atoms with E-state index in [0.29, 0.717) is 11.8 Å². The molecule has 2 rings (SSSR count). The maximum absolute atomic E-state index is 4.20. The zero-order chi connectivity index (χ0) is 9.80. The zero-order valence-corrected chi connectivity index (χ0v) is 7.73. The molecule has 0 saturated carbocycles. The van der Waals surface area contributed by atoms with E-state index in [0.717, 1.165) is 5.56 Å². The lowest BCUT2D eigenvalue weighted by Crippen LogP contribution is -1.99. The van der Waals surface area contributed by atoms with Gasteiger partial charge in [-0.05, 0) is 0 Å². The molecule has 1 N–H and O–H groups in total. The summed E-state index contributed by atoms with van der Waals surface area (Å²) in [4.78, 5) is 12.0. The first kappa shape index (κ1) is 8.62. The lowest BCUT2D eigenvalue weighted by molar-refractivity contribution is 1.04. The molecule has 0 unspecified atom stereocenters. The smallest absolute Gasteiger partial charge is 0.226 e. The fourth-order valence-corrected chi connectivity index (χ4v) is 1.10. The molecule has 0 amide bonds. The summed E-state index contributed by atoms with van der Waals surface area (Å²) in [6.07, 6.45) is 2.55. The molecular weight excluding hydrogens is 176 g/mol. The first-order chi connectivity index (χ1) is 6.90. The normalized spacial score (nSPS) is 9.79. The fraction of sp³-hybridized carbons (Fsp3) is 0.100. The topological polar surface area (TPSA) is 50.7 Å². The summed E-state index contributed by atoms with van der Waals surface area (Å²) in [6.45, 7) is 0. The quantitative estimate of drug-likeness (QED) is 0.768. The van der Waals surface area contributed by atoms with Gasteiger partial charge in [-0.25, -0.2) is 4.98 Å². The number of hydrogen-bond acceptors (Lipinski definition) is 4. The molecule has 4 nitrogen and oxygen atoms in total. The Bertz CT molecular complexity index is 413. The monoisotopic (exact) mass is 185 g/mol. The van der Waals surface area contributed by atoms with Crippen LogP contribution in [0.5, 0.6) is 0 Å². The predicted octanol–water partition coefficient (Wildman–Crippen LogP) is 1.38. The van der Waals surface area contributed by atoms with Gasteiger partial charge in [-0.2, -0.15) is 9.97 Å². The van der Waals surface area contributed by atoms with Crippen molar-refractivity contribution in [3.63, 3.8) is 0 Å². The number of anilines is 1. The minimum atomic E-state index is 0.527. The van der Waals surface area contributed by atoms with Gasteiger partial charge < -0.3 is 5.32 Å². The highest BCUT2D eigenvalue weighted by molar-refractivity contribution is 5.55. The number of hydrogen-bond donors (Lipinski definition) is 1. The molecule has 1 radical (unpaired) electrons. The SMILES string of the molecule is CNc1n[c]nc(-c2ccccc2)n1. The summed E-state index contributed by atoms with van der Waals surface area (Å²) in [5, 5.41) is 2.84. The van der Waals surface area contributed by atoms with Crippen molar-refractivity contribution in [1.82, 2.24) is 15.0 Å². The Morgan fingerprint density at radius 2 is 1.93 bits per heavy atom. The molecule has 0 bridgehead atoms. The molecule has 0 fully saturated rings. The summed E-state index contributed by atoms with van der Waals surface area (Å²) in [6, 6.07) is 9.73. The van der Waals surface area contributed by atoms with Crippen molar-refractivity contribution < 1.29 is 0 Å². The van der Waals surface area contributed by atoms with Crippen LogP contribution in [0.2, 0.25) is 0 Å². The summed E-state index contributed by atoms with van der Waals surface area (Å²) < 4.78 is 0. The average molecular weight is 185 g/mol. The van der Waals surface area contributed by atoms with Crippen LogP contribution in [-0.2, 0) is 0 Å². The molecule has 1 heterocycles.